The zero-order valence-corrected chi connectivity index (χ0v) is 5.16. The molecular weight excluding hydrogens is 131 g/mol. The van der Waals surface area contributed by atoms with Crippen molar-refractivity contribution in [3.05, 3.63) is 36.7 Å². The van der Waals surface area contributed by atoms with Gasteiger partial charge in [-0.25, -0.2) is 9.37 Å². The summed E-state index contributed by atoms with van der Waals surface area (Å²) in [7, 11) is 0. The number of fused-ring (bicyclic) bond motifs is 1. The van der Waals surface area contributed by atoms with E-state index in [-0.39, 0.29) is 5.82 Å². The molecule has 0 aromatic carbocycles. The second-order valence-electron chi connectivity index (χ2n) is 2.04. The molecule has 2 nitrogen and oxygen atoms in total. The fourth-order valence-corrected chi connectivity index (χ4v) is 0.914. The number of pyridine rings is 1. The third-order valence-corrected chi connectivity index (χ3v) is 1.40. The van der Waals surface area contributed by atoms with Crippen molar-refractivity contribution in [1.82, 2.24) is 9.38 Å². The van der Waals surface area contributed by atoms with Crippen LogP contribution >= 0.6 is 0 Å². The molecule has 0 amide bonds. The largest absolute Gasteiger partial charge is 0.304 e. The third-order valence-electron chi connectivity index (χ3n) is 1.40. The van der Waals surface area contributed by atoms with E-state index in [4.69, 9.17) is 0 Å². The highest BCUT2D eigenvalue weighted by Crippen LogP contribution is 2.06. The fourth-order valence-electron chi connectivity index (χ4n) is 0.914. The van der Waals surface area contributed by atoms with Gasteiger partial charge in [-0.1, -0.05) is 0 Å². The smallest absolute Gasteiger partial charge is 0.148 e. The lowest BCUT2D eigenvalue weighted by Gasteiger charge is -1.91. The van der Waals surface area contributed by atoms with E-state index in [2.05, 4.69) is 4.98 Å². The summed E-state index contributed by atoms with van der Waals surface area (Å²) < 4.78 is 14.4. The van der Waals surface area contributed by atoms with Crippen LogP contribution in [0.25, 0.3) is 5.52 Å². The molecule has 2 heterocycles. The summed E-state index contributed by atoms with van der Waals surface area (Å²) in [5, 5.41) is 0. The molecule has 0 bridgehead atoms. The molecule has 0 aliphatic rings. The van der Waals surface area contributed by atoms with E-state index in [0.29, 0.717) is 5.52 Å². The first-order chi connectivity index (χ1) is 4.88. The van der Waals surface area contributed by atoms with Gasteiger partial charge in [-0.3, -0.25) is 0 Å². The molecule has 0 aliphatic heterocycles. The average Bonchev–Trinajstić information content (AvgIpc) is 2.36. The number of rotatable bonds is 0. The predicted molar refractivity (Wildman–Crippen MR) is 35.1 cm³/mol. The van der Waals surface area contributed by atoms with Crippen LogP contribution in [0.4, 0.5) is 4.39 Å². The topological polar surface area (TPSA) is 17.3 Å². The first kappa shape index (κ1) is 5.41. The number of hydrogen-bond donors (Lipinski definition) is 0. The Morgan fingerprint density at radius 2 is 2.40 bits per heavy atom. The Bertz CT molecular complexity index is 353. The molecule has 0 aliphatic carbocycles. The van der Waals surface area contributed by atoms with Crippen molar-refractivity contribution < 1.29 is 4.39 Å². The van der Waals surface area contributed by atoms with Gasteiger partial charge in [0.1, 0.15) is 11.3 Å². The molecule has 0 unspecified atom stereocenters. The Kier molecular flexibility index (Phi) is 0.974. The average molecular weight is 136 g/mol. The number of halogens is 1. The standard InChI is InChI=1S/C7H5FN2/c8-6-2-1-3-10-5-9-4-7(6)10/h1-5H. The summed E-state index contributed by atoms with van der Waals surface area (Å²) in [5.41, 5.74) is 0.516. The molecule has 10 heavy (non-hydrogen) atoms. The van der Waals surface area contributed by atoms with Gasteiger partial charge in [0.25, 0.3) is 0 Å². The highest BCUT2D eigenvalue weighted by atomic mass is 19.1. The predicted octanol–water partition coefficient (Wildman–Crippen LogP) is 1.47. The molecule has 0 radical (unpaired) electrons. The Labute approximate surface area is 56.9 Å². The van der Waals surface area contributed by atoms with Crippen molar-refractivity contribution in [3.8, 4) is 0 Å². The van der Waals surface area contributed by atoms with Gasteiger partial charge in [0.2, 0.25) is 0 Å². The highest BCUT2D eigenvalue weighted by molar-refractivity contribution is 5.45. The summed E-state index contributed by atoms with van der Waals surface area (Å²) in [6.45, 7) is 0. The van der Waals surface area contributed by atoms with Crippen molar-refractivity contribution in [2.45, 2.75) is 0 Å². The Morgan fingerprint density at radius 3 is 3.20 bits per heavy atom. The minimum Gasteiger partial charge on any atom is -0.304 e. The second kappa shape index (κ2) is 1.80. The van der Waals surface area contributed by atoms with E-state index in [0.717, 1.165) is 0 Å². The van der Waals surface area contributed by atoms with Crippen LogP contribution in [0.15, 0.2) is 30.9 Å². The third kappa shape index (κ3) is 0.603. The first-order valence-corrected chi connectivity index (χ1v) is 2.94. The zero-order valence-electron chi connectivity index (χ0n) is 5.16. The lowest BCUT2D eigenvalue weighted by Crippen LogP contribution is -1.82. The summed E-state index contributed by atoms with van der Waals surface area (Å²) in [6.07, 6.45) is 4.82. The molecule has 0 fully saturated rings. The van der Waals surface area contributed by atoms with E-state index in [9.17, 15) is 4.39 Å². The highest BCUT2D eigenvalue weighted by Gasteiger charge is 1.96. The van der Waals surface area contributed by atoms with Gasteiger partial charge in [-0.05, 0) is 12.1 Å². The van der Waals surface area contributed by atoms with Crippen LogP contribution in [0.2, 0.25) is 0 Å². The summed E-state index contributed by atoms with van der Waals surface area (Å²) >= 11 is 0. The molecule has 2 rings (SSSR count). The second-order valence-corrected chi connectivity index (χ2v) is 2.04. The normalized spacial score (nSPS) is 10.5. The minimum absolute atomic E-state index is 0.236. The molecule has 2 aromatic heterocycles. The van der Waals surface area contributed by atoms with Crippen molar-refractivity contribution in [1.29, 1.82) is 0 Å². The minimum atomic E-state index is -0.236. The van der Waals surface area contributed by atoms with E-state index in [1.807, 2.05) is 0 Å². The molecule has 0 saturated heterocycles. The van der Waals surface area contributed by atoms with Gasteiger partial charge in [0, 0.05) is 6.20 Å². The van der Waals surface area contributed by atoms with Crippen molar-refractivity contribution in [2.75, 3.05) is 0 Å². The van der Waals surface area contributed by atoms with Gasteiger partial charge >= 0.3 is 0 Å². The molecule has 0 saturated carbocycles. The lowest BCUT2D eigenvalue weighted by molar-refractivity contribution is 0.633. The quantitative estimate of drug-likeness (QED) is 0.536. The molecule has 2 aromatic rings. The number of hydrogen-bond acceptors (Lipinski definition) is 1. The van der Waals surface area contributed by atoms with Crippen LogP contribution in [-0.2, 0) is 0 Å². The van der Waals surface area contributed by atoms with Crippen LogP contribution in [0.3, 0.4) is 0 Å². The monoisotopic (exact) mass is 136 g/mol. The first-order valence-electron chi connectivity index (χ1n) is 2.94. The Hall–Kier alpha value is -1.38. The summed E-state index contributed by atoms with van der Waals surface area (Å²) in [5.74, 6) is -0.236. The van der Waals surface area contributed by atoms with Crippen molar-refractivity contribution >= 4 is 5.52 Å². The van der Waals surface area contributed by atoms with Gasteiger partial charge in [-0.15, -0.1) is 0 Å². The maximum Gasteiger partial charge on any atom is 0.148 e. The van der Waals surface area contributed by atoms with E-state index in [1.54, 1.807) is 23.0 Å². The maximum atomic E-state index is 12.8. The van der Waals surface area contributed by atoms with Gasteiger partial charge in [0.05, 0.1) is 12.5 Å². The molecule has 0 spiro atoms. The van der Waals surface area contributed by atoms with E-state index < -0.39 is 0 Å². The number of aromatic nitrogens is 2. The maximum absolute atomic E-state index is 12.8. The van der Waals surface area contributed by atoms with Crippen molar-refractivity contribution in [2.24, 2.45) is 0 Å². The zero-order chi connectivity index (χ0) is 6.97. The molecule has 3 heteroatoms. The van der Waals surface area contributed by atoms with Crippen molar-refractivity contribution in [3.63, 3.8) is 0 Å². The summed E-state index contributed by atoms with van der Waals surface area (Å²) in [4.78, 5) is 3.79. The van der Waals surface area contributed by atoms with Gasteiger partial charge < -0.3 is 4.40 Å². The van der Waals surface area contributed by atoms with Crippen LogP contribution in [-0.4, -0.2) is 9.38 Å². The van der Waals surface area contributed by atoms with E-state index >= 15 is 0 Å². The Morgan fingerprint density at radius 1 is 1.50 bits per heavy atom. The van der Waals surface area contributed by atoms with Crippen LogP contribution in [0.5, 0.6) is 0 Å². The van der Waals surface area contributed by atoms with Crippen LogP contribution in [0.1, 0.15) is 0 Å². The molecule has 50 valence electrons. The Balaban J connectivity index is 2.95. The van der Waals surface area contributed by atoms with Gasteiger partial charge in [0.15, 0.2) is 0 Å². The van der Waals surface area contributed by atoms with Gasteiger partial charge in [-0.2, -0.15) is 0 Å². The van der Waals surface area contributed by atoms with Crippen LogP contribution in [0, 0.1) is 5.82 Å². The fraction of sp³-hybridized carbons (Fsp3) is 0. The SMILES string of the molecule is Fc1cccn2cncc12. The number of nitrogens with zero attached hydrogens (tertiary/aromatic N) is 2. The molecule has 0 N–H and O–H groups in total. The molecular formula is C7H5FN2. The number of imidazole rings is 1. The summed E-state index contributed by atoms with van der Waals surface area (Å²) in [6, 6.07) is 3.06. The molecule has 0 atom stereocenters. The van der Waals surface area contributed by atoms with E-state index in [1.165, 1.54) is 12.3 Å². The lowest BCUT2D eigenvalue weighted by atomic mass is 10.4. The van der Waals surface area contributed by atoms with Crippen LogP contribution < -0.4 is 0 Å².